The first kappa shape index (κ1) is 14.0. The van der Waals surface area contributed by atoms with E-state index in [9.17, 15) is 9.59 Å². The predicted octanol–water partition coefficient (Wildman–Crippen LogP) is 0.378. The Balaban J connectivity index is 2.76. The van der Waals surface area contributed by atoms with Crippen molar-refractivity contribution < 1.29 is 9.59 Å². The van der Waals surface area contributed by atoms with Gasteiger partial charge in [0.05, 0.1) is 0 Å². The fraction of sp³-hybridized carbons (Fsp3) is 0.417. The fourth-order valence-electron chi connectivity index (χ4n) is 1.43. The van der Waals surface area contributed by atoms with Crippen LogP contribution in [0.3, 0.4) is 0 Å². The van der Waals surface area contributed by atoms with Crippen LogP contribution in [0.4, 0.5) is 5.69 Å². The van der Waals surface area contributed by atoms with E-state index in [1.807, 2.05) is 6.92 Å². The van der Waals surface area contributed by atoms with Crippen molar-refractivity contribution in [3.05, 3.63) is 24.0 Å². The second-order valence-electron chi connectivity index (χ2n) is 3.77. The Hall–Kier alpha value is -2.11. The van der Waals surface area contributed by atoms with Crippen LogP contribution in [0.25, 0.3) is 0 Å². The van der Waals surface area contributed by atoms with Crippen molar-refractivity contribution in [2.24, 2.45) is 0 Å². The molecule has 18 heavy (non-hydrogen) atoms. The van der Waals surface area contributed by atoms with Crippen molar-refractivity contribution in [3.8, 4) is 0 Å². The molecule has 0 saturated heterocycles. The monoisotopic (exact) mass is 250 g/mol. The summed E-state index contributed by atoms with van der Waals surface area (Å²) in [6.07, 6.45) is 1.53. The number of likely N-dealkylation sites (N-methyl/N-ethyl adjacent to an activating group) is 1. The molecule has 0 aliphatic heterocycles. The minimum Gasteiger partial charge on any atom is -0.374 e. The molecule has 0 aliphatic rings. The van der Waals surface area contributed by atoms with E-state index in [0.29, 0.717) is 17.9 Å². The molecule has 1 aromatic rings. The average molecular weight is 250 g/mol. The van der Waals surface area contributed by atoms with Crippen LogP contribution in [0.1, 0.15) is 24.3 Å². The Morgan fingerprint density at radius 3 is 2.78 bits per heavy atom. The number of nitrogens with one attached hydrogen (secondary N) is 3. The number of amides is 2. The molecule has 98 valence electrons. The number of carbonyl (C=O) groups is 2. The molecule has 1 aromatic heterocycles. The van der Waals surface area contributed by atoms with Crippen molar-refractivity contribution >= 4 is 17.5 Å². The molecular formula is C12H18N4O2. The van der Waals surface area contributed by atoms with Crippen LogP contribution in [-0.2, 0) is 4.79 Å². The quantitative estimate of drug-likeness (QED) is 0.705. The maximum Gasteiger partial charge on any atom is 0.269 e. The van der Waals surface area contributed by atoms with Crippen LogP contribution in [0.2, 0.25) is 0 Å². The standard InChI is InChI=1S/C12H18N4O2/c1-4-14-12(18)10-7-9(5-6-15-10)16-8(2)11(17)13-3/h5-8H,4H2,1-3H3,(H,13,17)(H,14,18)(H,15,16). The number of carbonyl (C=O) groups excluding carboxylic acids is 2. The molecule has 3 N–H and O–H groups in total. The van der Waals surface area contributed by atoms with E-state index in [2.05, 4.69) is 20.9 Å². The molecule has 0 radical (unpaired) electrons. The van der Waals surface area contributed by atoms with Crippen LogP contribution >= 0.6 is 0 Å². The number of anilines is 1. The van der Waals surface area contributed by atoms with Crippen LogP contribution in [0.5, 0.6) is 0 Å². The van der Waals surface area contributed by atoms with E-state index >= 15 is 0 Å². The Labute approximate surface area is 106 Å². The second kappa shape index (κ2) is 6.58. The van der Waals surface area contributed by atoms with Crippen molar-refractivity contribution in [3.63, 3.8) is 0 Å². The van der Waals surface area contributed by atoms with E-state index < -0.39 is 0 Å². The first-order chi connectivity index (χ1) is 8.58. The zero-order valence-corrected chi connectivity index (χ0v) is 10.8. The van der Waals surface area contributed by atoms with Gasteiger partial charge in [-0.25, -0.2) is 0 Å². The number of nitrogens with zero attached hydrogens (tertiary/aromatic N) is 1. The largest absolute Gasteiger partial charge is 0.374 e. The van der Waals surface area contributed by atoms with Gasteiger partial charge in [-0.15, -0.1) is 0 Å². The lowest BCUT2D eigenvalue weighted by Crippen LogP contribution is -2.35. The number of aromatic nitrogens is 1. The first-order valence-electron chi connectivity index (χ1n) is 5.80. The highest BCUT2D eigenvalue weighted by molar-refractivity contribution is 5.93. The van der Waals surface area contributed by atoms with Gasteiger partial charge in [0.2, 0.25) is 5.91 Å². The Morgan fingerprint density at radius 1 is 1.44 bits per heavy atom. The summed E-state index contributed by atoms with van der Waals surface area (Å²) < 4.78 is 0. The van der Waals surface area contributed by atoms with Crippen LogP contribution < -0.4 is 16.0 Å². The molecule has 0 spiro atoms. The molecule has 6 heteroatoms. The number of hydrogen-bond acceptors (Lipinski definition) is 4. The van der Waals surface area contributed by atoms with E-state index in [-0.39, 0.29) is 17.9 Å². The van der Waals surface area contributed by atoms with Crippen molar-refractivity contribution in [1.82, 2.24) is 15.6 Å². The van der Waals surface area contributed by atoms with Gasteiger partial charge in [-0.05, 0) is 26.0 Å². The number of hydrogen-bond donors (Lipinski definition) is 3. The number of rotatable bonds is 5. The molecule has 0 aliphatic carbocycles. The molecule has 1 atom stereocenters. The molecule has 1 unspecified atom stereocenters. The van der Waals surface area contributed by atoms with Gasteiger partial charge in [0, 0.05) is 25.5 Å². The molecule has 0 fully saturated rings. The summed E-state index contributed by atoms with van der Waals surface area (Å²) in [4.78, 5) is 26.9. The maximum atomic E-state index is 11.6. The topological polar surface area (TPSA) is 83.1 Å². The third kappa shape index (κ3) is 3.73. The second-order valence-corrected chi connectivity index (χ2v) is 3.77. The molecule has 2 amide bonds. The van der Waals surface area contributed by atoms with E-state index in [1.165, 1.54) is 6.20 Å². The van der Waals surface area contributed by atoms with Crippen molar-refractivity contribution in [2.45, 2.75) is 19.9 Å². The van der Waals surface area contributed by atoms with Crippen LogP contribution in [0.15, 0.2) is 18.3 Å². The van der Waals surface area contributed by atoms with Gasteiger partial charge in [-0.2, -0.15) is 0 Å². The summed E-state index contributed by atoms with van der Waals surface area (Å²) in [6.45, 7) is 4.13. The summed E-state index contributed by atoms with van der Waals surface area (Å²) in [7, 11) is 1.58. The molecule has 1 heterocycles. The lowest BCUT2D eigenvalue weighted by atomic mass is 10.2. The summed E-state index contributed by atoms with van der Waals surface area (Å²) in [6, 6.07) is 2.95. The van der Waals surface area contributed by atoms with Gasteiger partial charge in [0.15, 0.2) is 0 Å². The smallest absolute Gasteiger partial charge is 0.269 e. The van der Waals surface area contributed by atoms with Crippen LogP contribution in [-0.4, -0.2) is 36.4 Å². The van der Waals surface area contributed by atoms with E-state index in [4.69, 9.17) is 0 Å². The van der Waals surface area contributed by atoms with Gasteiger partial charge in [0.25, 0.3) is 5.91 Å². The SMILES string of the molecule is CCNC(=O)c1cc(NC(C)C(=O)NC)ccn1. The van der Waals surface area contributed by atoms with Crippen molar-refractivity contribution in [1.29, 1.82) is 0 Å². The average Bonchev–Trinajstić information content (AvgIpc) is 2.38. The highest BCUT2D eigenvalue weighted by atomic mass is 16.2. The predicted molar refractivity (Wildman–Crippen MR) is 69.4 cm³/mol. The Morgan fingerprint density at radius 2 is 2.17 bits per heavy atom. The lowest BCUT2D eigenvalue weighted by molar-refractivity contribution is -0.121. The molecule has 1 rings (SSSR count). The van der Waals surface area contributed by atoms with Gasteiger partial charge in [0.1, 0.15) is 11.7 Å². The van der Waals surface area contributed by atoms with Gasteiger partial charge < -0.3 is 16.0 Å². The molecular weight excluding hydrogens is 232 g/mol. The third-order valence-corrected chi connectivity index (χ3v) is 2.35. The molecule has 0 aromatic carbocycles. The highest BCUT2D eigenvalue weighted by Crippen LogP contribution is 2.09. The summed E-state index contributed by atoms with van der Waals surface area (Å²) in [5.74, 6) is -0.347. The van der Waals surface area contributed by atoms with E-state index in [1.54, 1.807) is 26.1 Å². The van der Waals surface area contributed by atoms with Crippen LogP contribution in [0, 0.1) is 0 Å². The minimum absolute atomic E-state index is 0.119. The molecule has 0 saturated carbocycles. The highest BCUT2D eigenvalue weighted by Gasteiger charge is 2.12. The molecule has 0 bridgehead atoms. The maximum absolute atomic E-state index is 11.6. The third-order valence-electron chi connectivity index (χ3n) is 2.35. The summed E-state index contributed by atoms with van der Waals surface area (Å²) in [5, 5.41) is 8.21. The molecule has 6 nitrogen and oxygen atoms in total. The van der Waals surface area contributed by atoms with Crippen molar-refractivity contribution in [2.75, 3.05) is 18.9 Å². The summed E-state index contributed by atoms with van der Waals surface area (Å²) in [5.41, 5.74) is 1.01. The van der Waals surface area contributed by atoms with Gasteiger partial charge in [-0.3, -0.25) is 14.6 Å². The van der Waals surface area contributed by atoms with Gasteiger partial charge >= 0.3 is 0 Å². The first-order valence-corrected chi connectivity index (χ1v) is 5.80. The van der Waals surface area contributed by atoms with Gasteiger partial charge in [-0.1, -0.05) is 0 Å². The fourth-order valence-corrected chi connectivity index (χ4v) is 1.43. The zero-order chi connectivity index (χ0) is 13.5. The normalized spacial score (nSPS) is 11.5. The summed E-state index contributed by atoms with van der Waals surface area (Å²) >= 11 is 0. The Kier molecular flexibility index (Phi) is 5.10. The number of pyridine rings is 1. The zero-order valence-electron chi connectivity index (χ0n) is 10.8. The minimum atomic E-state index is -0.375. The lowest BCUT2D eigenvalue weighted by Gasteiger charge is -2.13. The Bertz CT molecular complexity index is 434. The van der Waals surface area contributed by atoms with E-state index in [0.717, 1.165) is 0 Å².